The van der Waals surface area contributed by atoms with Gasteiger partial charge in [0.2, 0.25) is 0 Å². The molecule has 10 N–H and O–H groups in total. The smallest absolute Gasteiger partial charge is 0.328 e. The maximum atomic E-state index is 11.4. The molecule has 0 aliphatic heterocycles. The van der Waals surface area contributed by atoms with E-state index in [4.69, 9.17) is 16.6 Å². The lowest BCUT2D eigenvalue weighted by Crippen LogP contribution is -2.84. The Hall–Kier alpha value is -2.24. The Kier molecular flexibility index (Phi) is 4.71. The van der Waals surface area contributed by atoms with Gasteiger partial charge in [-0.3, -0.25) is 19.2 Å². The van der Waals surface area contributed by atoms with Crippen LogP contribution in [0.1, 0.15) is 19.3 Å². The van der Waals surface area contributed by atoms with Gasteiger partial charge in [-0.15, -0.1) is 0 Å². The van der Waals surface area contributed by atoms with E-state index in [0.717, 1.165) is 0 Å². The molecule has 0 spiro atoms. The molecule has 0 aromatic carbocycles. The minimum Gasteiger partial charge on any atom is -0.480 e. The van der Waals surface area contributed by atoms with Crippen molar-refractivity contribution in [3.8, 4) is 0 Å². The van der Waals surface area contributed by atoms with Gasteiger partial charge in [0.1, 0.15) is 5.54 Å². The van der Waals surface area contributed by atoms with Gasteiger partial charge in [0.15, 0.2) is 11.0 Å². The van der Waals surface area contributed by atoms with Crippen LogP contribution in [0, 0.1) is 5.41 Å². The Balaban J connectivity index is 0.00000400. The van der Waals surface area contributed by atoms with Crippen molar-refractivity contribution in [1.29, 1.82) is 0 Å². The molecule has 11 nitrogen and oxygen atoms in total. The average molecular weight is 308 g/mol. The maximum absolute atomic E-state index is 11.4. The number of nitrogens with two attached hydrogens (primary N) is 2. The van der Waals surface area contributed by atoms with Gasteiger partial charge < -0.3 is 37.4 Å². The molecule has 0 aromatic rings. The van der Waals surface area contributed by atoms with Gasteiger partial charge in [0.25, 0.3) is 0 Å². The van der Waals surface area contributed by atoms with E-state index in [9.17, 15) is 34.5 Å². The fourth-order valence-electron chi connectivity index (χ4n) is 2.70. The molecule has 0 amide bonds. The average Bonchev–Trinajstić information content (AvgIpc) is 2.31. The van der Waals surface area contributed by atoms with E-state index >= 15 is 0 Å². The molecular weight excluding hydrogens is 292 g/mol. The summed E-state index contributed by atoms with van der Waals surface area (Å²) in [6.07, 6.45) is -1.28. The monoisotopic (exact) mass is 308 g/mol. The van der Waals surface area contributed by atoms with Crippen LogP contribution >= 0.6 is 0 Å². The first-order valence-corrected chi connectivity index (χ1v) is 5.50. The third-order valence-corrected chi connectivity index (χ3v) is 3.95. The molecule has 0 radical (unpaired) electrons. The van der Waals surface area contributed by atoms with Crippen molar-refractivity contribution in [2.24, 2.45) is 16.9 Å². The lowest BCUT2D eigenvalue weighted by molar-refractivity contribution is -0.190. The summed E-state index contributed by atoms with van der Waals surface area (Å²) in [5.74, 6) is -8.03. The van der Waals surface area contributed by atoms with Crippen LogP contribution in [-0.4, -0.2) is 60.9 Å². The van der Waals surface area contributed by atoms with Gasteiger partial charge in [0, 0.05) is 0 Å². The molecule has 1 fully saturated rings. The van der Waals surface area contributed by atoms with E-state index in [2.05, 4.69) is 0 Å². The highest BCUT2D eigenvalue weighted by molar-refractivity contribution is 6.09. The zero-order valence-electron chi connectivity index (χ0n) is 10.7. The first kappa shape index (κ1) is 18.8. The highest BCUT2D eigenvalue weighted by atomic mass is 16.4. The van der Waals surface area contributed by atoms with Crippen LogP contribution in [0.5, 0.6) is 0 Å². The van der Waals surface area contributed by atoms with Crippen LogP contribution in [-0.2, 0) is 19.2 Å². The fourth-order valence-corrected chi connectivity index (χ4v) is 2.70. The SMILES string of the molecule is NC1(C(=O)O)CCCC(C(=O)O)(C(=O)O)C1(N)C(=O)O.O. The molecule has 0 saturated heterocycles. The molecule has 1 saturated carbocycles. The van der Waals surface area contributed by atoms with Crippen molar-refractivity contribution in [2.45, 2.75) is 30.3 Å². The molecule has 21 heavy (non-hydrogen) atoms. The van der Waals surface area contributed by atoms with Crippen LogP contribution < -0.4 is 11.5 Å². The zero-order valence-corrected chi connectivity index (χ0v) is 10.7. The highest BCUT2D eigenvalue weighted by Crippen LogP contribution is 2.48. The summed E-state index contributed by atoms with van der Waals surface area (Å²) < 4.78 is 0. The van der Waals surface area contributed by atoms with E-state index in [1.807, 2.05) is 0 Å². The normalized spacial score (nSPS) is 30.8. The standard InChI is InChI=1S/C10H14N2O8.H2O/c11-9(6(17)18)3-1-2-8(4(13)14,5(15)16)10(9,12)7(19)20;/h1-3,11-12H2,(H,13,14)(H,15,16)(H,17,18)(H,19,20);1H2. The summed E-state index contributed by atoms with van der Waals surface area (Å²) in [6.45, 7) is 0. The Morgan fingerprint density at radius 2 is 1.19 bits per heavy atom. The Bertz CT molecular complexity index is 491. The number of carboxylic acid groups (broad SMARTS) is 4. The highest BCUT2D eigenvalue weighted by Gasteiger charge is 2.76. The number of carbonyl (C=O) groups is 4. The van der Waals surface area contributed by atoms with E-state index < -0.39 is 53.2 Å². The second kappa shape index (κ2) is 5.27. The van der Waals surface area contributed by atoms with Crippen LogP contribution in [0.4, 0.5) is 0 Å². The molecule has 2 unspecified atom stereocenters. The summed E-state index contributed by atoms with van der Waals surface area (Å²) in [6, 6.07) is 0. The second-order valence-corrected chi connectivity index (χ2v) is 4.76. The first-order valence-electron chi connectivity index (χ1n) is 5.50. The van der Waals surface area contributed by atoms with Gasteiger partial charge in [-0.1, -0.05) is 0 Å². The molecule has 2 atom stereocenters. The molecule has 11 heteroatoms. The fraction of sp³-hybridized carbons (Fsp3) is 0.600. The summed E-state index contributed by atoms with van der Waals surface area (Å²) >= 11 is 0. The number of aliphatic carboxylic acids is 4. The molecule has 1 aliphatic rings. The quantitative estimate of drug-likeness (QED) is 0.289. The molecule has 1 rings (SSSR count). The third kappa shape index (κ3) is 1.93. The number of hydrogen-bond donors (Lipinski definition) is 6. The molecule has 1 aliphatic carbocycles. The van der Waals surface area contributed by atoms with Gasteiger partial charge >= 0.3 is 23.9 Å². The summed E-state index contributed by atoms with van der Waals surface area (Å²) in [5, 5.41) is 36.7. The largest absolute Gasteiger partial charge is 0.480 e. The van der Waals surface area contributed by atoms with Crippen molar-refractivity contribution >= 4 is 23.9 Å². The predicted molar refractivity (Wildman–Crippen MR) is 64.3 cm³/mol. The molecular formula is C10H16N2O9. The number of rotatable bonds is 4. The summed E-state index contributed by atoms with van der Waals surface area (Å²) in [4.78, 5) is 45.5. The van der Waals surface area contributed by atoms with Gasteiger partial charge in [-0.25, -0.2) is 0 Å². The lowest BCUT2D eigenvalue weighted by atomic mass is 9.53. The lowest BCUT2D eigenvalue weighted by Gasteiger charge is -2.51. The van der Waals surface area contributed by atoms with E-state index in [0.29, 0.717) is 0 Å². The topological polar surface area (TPSA) is 233 Å². The minimum absolute atomic E-state index is 0. The van der Waals surface area contributed by atoms with Gasteiger partial charge in [0.05, 0.1) is 0 Å². The van der Waals surface area contributed by atoms with Crippen molar-refractivity contribution in [3.05, 3.63) is 0 Å². The first-order chi connectivity index (χ1) is 8.98. The predicted octanol–water partition coefficient (Wildman–Crippen LogP) is -2.93. The van der Waals surface area contributed by atoms with Gasteiger partial charge in [-0.05, 0) is 19.3 Å². The third-order valence-electron chi connectivity index (χ3n) is 3.95. The van der Waals surface area contributed by atoms with Gasteiger partial charge in [-0.2, -0.15) is 0 Å². The minimum atomic E-state index is -3.19. The van der Waals surface area contributed by atoms with Crippen LogP contribution in [0.2, 0.25) is 0 Å². The van der Waals surface area contributed by atoms with E-state index in [1.54, 1.807) is 0 Å². The Morgan fingerprint density at radius 3 is 1.48 bits per heavy atom. The Morgan fingerprint density at radius 1 is 0.762 bits per heavy atom. The maximum Gasteiger partial charge on any atom is 0.328 e. The molecule has 120 valence electrons. The van der Waals surface area contributed by atoms with Crippen LogP contribution in [0.3, 0.4) is 0 Å². The van der Waals surface area contributed by atoms with E-state index in [1.165, 1.54) is 0 Å². The van der Waals surface area contributed by atoms with Crippen molar-refractivity contribution < 1.29 is 45.1 Å². The van der Waals surface area contributed by atoms with Crippen LogP contribution in [0.25, 0.3) is 0 Å². The summed E-state index contributed by atoms with van der Waals surface area (Å²) in [7, 11) is 0. The van der Waals surface area contributed by atoms with Crippen molar-refractivity contribution in [2.75, 3.05) is 0 Å². The number of carboxylic acids is 4. The van der Waals surface area contributed by atoms with E-state index in [-0.39, 0.29) is 11.9 Å². The van der Waals surface area contributed by atoms with Crippen molar-refractivity contribution in [1.82, 2.24) is 0 Å². The molecule has 0 heterocycles. The summed E-state index contributed by atoms with van der Waals surface area (Å²) in [5.41, 5.74) is 2.07. The molecule has 0 aromatic heterocycles. The number of hydrogen-bond acceptors (Lipinski definition) is 6. The Labute approximate surface area is 117 Å². The van der Waals surface area contributed by atoms with Crippen molar-refractivity contribution in [3.63, 3.8) is 0 Å². The second-order valence-electron chi connectivity index (χ2n) is 4.76. The van der Waals surface area contributed by atoms with Crippen LogP contribution in [0.15, 0.2) is 0 Å². The zero-order chi connectivity index (χ0) is 15.9. The molecule has 0 bridgehead atoms.